The lowest BCUT2D eigenvalue weighted by molar-refractivity contribution is 0.617. The van der Waals surface area contributed by atoms with E-state index >= 15 is 0 Å². The van der Waals surface area contributed by atoms with Crippen molar-refractivity contribution >= 4 is 21.6 Å². The van der Waals surface area contributed by atoms with Gasteiger partial charge in [-0.05, 0) is 17.9 Å². The minimum absolute atomic E-state index is 0.103. The van der Waals surface area contributed by atoms with Crippen molar-refractivity contribution in [2.75, 3.05) is 6.26 Å². The maximum Gasteiger partial charge on any atom is 0.127 e. The first-order valence-electron chi connectivity index (χ1n) is 3.23. The molecule has 11 heavy (non-hydrogen) atoms. The fourth-order valence-electron chi connectivity index (χ4n) is 0.738. The van der Waals surface area contributed by atoms with Crippen LogP contribution >= 0.6 is 21.6 Å². The summed E-state index contributed by atoms with van der Waals surface area (Å²) in [5.41, 5.74) is 0.784. The summed E-state index contributed by atoms with van der Waals surface area (Å²) in [6, 6.07) is 6.89. The predicted molar refractivity (Wildman–Crippen MR) is 51.2 cm³/mol. The van der Waals surface area contributed by atoms with E-state index in [1.165, 1.54) is 6.07 Å². The molecule has 0 aliphatic carbocycles. The Morgan fingerprint density at radius 1 is 1.36 bits per heavy atom. The molecule has 1 aromatic carbocycles. The van der Waals surface area contributed by atoms with Crippen LogP contribution < -0.4 is 0 Å². The Morgan fingerprint density at radius 2 is 2.09 bits per heavy atom. The maximum absolute atomic E-state index is 12.9. The molecule has 0 aliphatic heterocycles. The summed E-state index contributed by atoms with van der Waals surface area (Å²) in [7, 11) is 3.31. The number of rotatable bonds is 3. The third-order valence-electron chi connectivity index (χ3n) is 1.29. The van der Waals surface area contributed by atoms with Crippen LogP contribution in [0.25, 0.3) is 0 Å². The summed E-state index contributed by atoms with van der Waals surface area (Å²) in [5.74, 6) is 0.641. The largest absolute Gasteiger partial charge is 0.207 e. The van der Waals surface area contributed by atoms with Gasteiger partial charge >= 0.3 is 0 Å². The van der Waals surface area contributed by atoms with Gasteiger partial charge in [-0.3, -0.25) is 0 Å². The fourth-order valence-corrected chi connectivity index (χ4v) is 1.95. The van der Waals surface area contributed by atoms with E-state index in [9.17, 15) is 4.39 Å². The molecular weight excluding hydrogens is 179 g/mol. The quantitative estimate of drug-likeness (QED) is 0.667. The number of hydrogen-bond acceptors (Lipinski definition) is 2. The summed E-state index contributed by atoms with van der Waals surface area (Å²) in [4.78, 5) is 0. The van der Waals surface area contributed by atoms with Crippen molar-refractivity contribution in [1.29, 1.82) is 0 Å². The number of halogens is 1. The topological polar surface area (TPSA) is 0 Å². The molecule has 0 bridgehead atoms. The predicted octanol–water partition coefficient (Wildman–Crippen LogP) is 3.34. The van der Waals surface area contributed by atoms with Crippen LogP contribution in [0.15, 0.2) is 24.3 Å². The van der Waals surface area contributed by atoms with E-state index in [4.69, 9.17) is 0 Å². The van der Waals surface area contributed by atoms with Crippen LogP contribution in [-0.4, -0.2) is 6.26 Å². The molecule has 60 valence electrons. The Bertz CT molecular complexity index is 225. The first kappa shape index (κ1) is 8.94. The Kier molecular flexibility index (Phi) is 3.80. The van der Waals surface area contributed by atoms with Gasteiger partial charge in [-0.25, -0.2) is 4.39 Å². The van der Waals surface area contributed by atoms with Crippen molar-refractivity contribution in [3.63, 3.8) is 0 Å². The number of hydrogen-bond donors (Lipinski definition) is 0. The van der Waals surface area contributed by atoms with Gasteiger partial charge in [0, 0.05) is 5.75 Å². The summed E-state index contributed by atoms with van der Waals surface area (Å²) in [5, 5.41) is 0. The zero-order chi connectivity index (χ0) is 8.10. The van der Waals surface area contributed by atoms with E-state index in [-0.39, 0.29) is 5.82 Å². The molecule has 0 fully saturated rings. The first-order valence-corrected chi connectivity index (χ1v) is 5.96. The lowest BCUT2D eigenvalue weighted by Gasteiger charge is -1.98. The highest BCUT2D eigenvalue weighted by Gasteiger charge is 1.98. The third kappa shape index (κ3) is 2.75. The zero-order valence-electron chi connectivity index (χ0n) is 6.21. The van der Waals surface area contributed by atoms with Crippen molar-refractivity contribution in [2.45, 2.75) is 5.75 Å². The van der Waals surface area contributed by atoms with Crippen LogP contribution in [0, 0.1) is 5.82 Å². The van der Waals surface area contributed by atoms with Gasteiger partial charge in [0.2, 0.25) is 0 Å². The molecular formula is C8H9FS2. The second kappa shape index (κ2) is 4.67. The summed E-state index contributed by atoms with van der Waals surface area (Å²) in [6.07, 6.45) is 1.99. The fraction of sp³-hybridized carbons (Fsp3) is 0.250. The van der Waals surface area contributed by atoms with Crippen molar-refractivity contribution in [1.82, 2.24) is 0 Å². The Morgan fingerprint density at radius 3 is 2.73 bits per heavy atom. The second-order valence-electron chi connectivity index (χ2n) is 2.02. The van der Waals surface area contributed by atoms with E-state index in [1.807, 2.05) is 18.4 Å². The van der Waals surface area contributed by atoms with Gasteiger partial charge in [-0.2, -0.15) is 0 Å². The van der Waals surface area contributed by atoms with E-state index in [0.29, 0.717) is 0 Å². The zero-order valence-corrected chi connectivity index (χ0v) is 7.84. The molecule has 0 atom stereocenters. The summed E-state index contributed by atoms with van der Waals surface area (Å²) >= 11 is 0. The summed E-state index contributed by atoms with van der Waals surface area (Å²) in [6.45, 7) is 0. The molecule has 0 heterocycles. The minimum atomic E-state index is -0.103. The van der Waals surface area contributed by atoms with Gasteiger partial charge in [-0.1, -0.05) is 39.8 Å². The van der Waals surface area contributed by atoms with Crippen molar-refractivity contribution in [3.05, 3.63) is 35.6 Å². The molecule has 1 rings (SSSR count). The van der Waals surface area contributed by atoms with E-state index in [0.717, 1.165) is 11.3 Å². The molecule has 0 saturated carbocycles. The van der Waals surface area contributed by atoms with E-state index in [2.05, 4.69) is 0 Å². The molecule has 0 saturated heterocycles. The van der Waals surface area contributed by atoms with E-state index < -0.39 is 0 Å². The van der Waals surface area contributed by atoms with E-state index in [1.54, 1.807) is 27.7 Å². The molecule has 3 heteroatoms. The van der Waals surface area contributed by atoms with Crippen molar-refractivity contribution < 1.29 is 4.39 Å². The van der Waals surface area contributed by atoms with Crippen LogP contribution in [0.3, 0.4) is 0 Å². The SMILES string of the molecule is CSSCc1ccccc1F. The average Bonchev–Trinajstić information content (AvgIpc) is 2.03. The molecule has 0 radical (unpaired) electrons. The number of benzene rings is 1. The molecule has 0 amide bonds. The molecule has 0 N–H and O–H groups in total. The Labute approximate surface area is 74.0 Å². The lowest BCUT2D eigenvalue weighted by Crippen LogP contribution is -1.83. The molecule has 0 aliphatic rings. The van der Waals surface area contributed by atoms with Crippen LogP contribution in [-0.2, 0) is 5.75 Å². The van der Waals surface area contributed by atoms with Crippen LogP contribution in [0.4, 0.5) is 4.39 Å². The van der Waals surface area contributed by atoms with Gasteiger partial charge in [0.1, 0.15) is 5.82 Å². The minimum Gasteiger partial charge on any atom is -0.207 e. The highest BCUT2D eigenvalue weighted by molar-refractivity contribution is 8.76. The molecule has 0 nitrogen and oxygen atoms in total. The van der Waals surface area contributed by atoms with Crippen molar-refractivity contribution in [3.8, 4) is 0 Å². The van der Waals surface area contributed by atoms with Gasteiger partial charge in [0.15, 0.2) is 0 Å². The highest BCUT2D eigenvalue weighted by atomic mass is 33.1. The first-order chi connectivity index (χ1) is 5.34. The Hall–Kier alpha value is -0.150. The Balaban J connectivity index is 2.62. The normalized spacial score (nSPS) is 10.0. The molecule has 0 unspecified atom stereocenters. The van der Waals surface area contributed by atoms with Gasteiger partial charge < -0.3 is 0 Å². The lowest BCUT2D eigenvalue weighted by atomic mass is 10.2. The monoisotopic (exact) mass is 188 g/mol. The van der Waals surface area contributed by atoms with Gasteiger partial charge in [0.05, 0.1) is 0 Å². The van der Waals surface area contributed by atoms with Crippen molar-refractivity contribution in [2.24, 2.45) is 0 Å². The smallest absolute Gasteiger partial charge is 0.127 e. The standard InChI is InChI=1S/C8H9FS2/c1-10-11-6-7-4-2-3-5-8(7)9/h2-5H,6H2,1H3. The van der Waals surface area contributed by atoms with Crippen LogP contribution in [0.5, 0.6) is 0 Å². The van der Waals surface area contributed by atoms with Gasteiger partial charge in [-0.15, -0.1) is 0 Å². The molecule has 0 spiro atoms. The summed E-state index contributed by atoms with van der Waals surface area (Å²) < 4.78 is 12.9. The molecule has 1 aromatic rings. The third-order valence-corrected chi connectivity index (χ3v) is 3.02. The van der Waals surface area contributed by atoms with Crippen LogP contribution in [0.2, 0.25) is 0 Å². The second-order valence-corrected chi connectivity index (χ2v) is 4.59. The van der Waals surface area contributed by atoms with Gasteiger partial charge in [0.25, 0.3) is 0 Å². The molecule has 0 aromatic heterocycles. The van der Waals surface area contributed by atoms with Crippen LogP contribution in [0.1, 0.15) is 5.56 Å². The average molecular weight is 188 g/mol. The highest BCUT2D eigenvalue weighted by Crippen LogP contribution is 2.23. The maximum atomic E-state index is 12.9.